The molecule has 1 aromatic carbocycles. The lowest BCUT2D eigenvalue weighted by molar-refractivity contribution is 0.0698. The number of pyridine rings is 1. The first-order valence-corrected chi connectivity index (χ1v) is 5.99. The van der Waals surface area contributed by atoms with E-state index in [-0.39, 0.29) is 23.0 Å². The van der Waals surface area contributed by atoms with Crippen molar-refractivity contribution in [2.24, 2.45) is 0 Å². The molecule has 0 aliphatic rings. The fourth-order valence-corrected chi connectivity index (χ4v) is 1.88. The van der Waals surface area contributed by atoms with Crippen LogP contribution in [0, 0.1) is 5.82 Å². The van der Waals surface area contributed by atoms with E-state index in [1.54, 1.807) is 12.3 Å². The first-order valence-electron chi connectivity index (χ1n) is 5.99. The molecule has 2 aromatic rings. The predicted octanol–water partition coefficient (Wildman–Crippen LogP) is 2.67. The molecule has 0 amide bonds. The Bertz CT molecular complexity index is 632. The average Bonchev–Trinajstić information content (AvgIpc) is 2.43. The predicted molar refractivity (Wildman–Crippen MR) is 74.0 cm³/mol. The van der Waals surface area contributed by atoms with E-state index in [1.807, 2.05) is 19.1 Å². The number of anilines is 2. The van der Waals surface area contributed by atoms with Crippen molar-refractivity contribution in [3.05, 3.63) is 53.6 Å². The van der Waals surface area contributed by atoms with Crippen molar-refractivity contribution >= 4 is 17.3 Å². The smallest absolute Gasteiger partial charge is 0.340 e. The van der Waals surface area contributed by atoms with Crippen LogP contribution >= 0.6 is 0 Å². The van der Waals surface area contributed by atoms with E-state index in [4.69, 9.17) is 10.8 Å². The number of nitrogens with two attached hydrogens (primary N) is 1. The van der Waals surface area contributed by atoms with Crippen molar-refractivity contribution in [2.75, 3.05) is 11.1 Å². The van der Waals surface area contributed by atoms with Gasteiger partial charge in [0.1, 0.15) is 11.4 Å². The Morgan fingerprint density at radius 1 is 1.40 bits per heavy atom. The lowest BCUT2D eigenvalue weighted by Gasteiger charge is -2.17. The van der Waals surface area contributed by atoms with Crippen LogP contribution in [0.4, 0.5) is 15.8 Å². The van der Waals surface area contributed by atoms with E-state index >= 15 is 0 Å². The number of aromatic nitrogens is 1. The minimum absolute atomic E-state index is 0.237. The second kappa shape index (κ2) is 5.56. The van der Waals surface area contributed by atoms with E-state index in [0.717, 1.165) is 11.8 Å². The average molecular weight is 275 g/mol. The molecule has 0 radical (unpaired) electrons. The SMILES string of the molecule is CC(Nc1ccc(F)c(N)c1C(=O)O)c1ccccn1. The molecule has 4 N–H and O–H groups in total. The summed E-state index contributed by atoms with van der Waals surface area (Å²) in [5.74, 6) is -2.03. The van der Waals surface area contributed by atoms with Gasteiger partial charge in [-0.05, 0) is 31.2 Å². The van der Waals surface area contributed by atoms with Gasteiger partial charge in [0.25, 0.3) is 0 Å². The Morgan fingerprint density at radius 2 is 2.15 bits per heavy atom. The minimum atomic E-state index is -1.28. The van der Waals surface area contributed by atoms with Crippen LogP contribution in [0.5, 0.6) is 0 Å². The highest BCUT2D eigenvalue weighted by atomic mass is 19.1. The van der Waals surface area contributed by atoms with Crippen molar-refractivity contribution in [3.8, 4) is 0 Å². The third-order valence-corrected chi connectivity index (χ3v) is 2.91. The molecule has 0 saturated carbocycles. The number of aromatic carboxylic acids is 1. The number of benzene rings is 1. The first kappa shape index (κ1) is 13.8. The molecule has 1 heterocycles. The Kier molecular flexibility index (Phi) is 3.84. The fraction of sp³-hybridized carbons (Fsp3) is 0.143. The molecule has 0 aliphatic heterocycles. The quantitative estimate of drug-likeness (QED) is 0.746. The summed E-state index contributed by atoms with van der Waals surface area (Å²) in [7, 11) is 0. The second-order valence-corrected chi connectivity index (χ2v) is 4.31. The minimum Gasteiger partial charge on any atom is -0.478 e. The van der Waals surface area contributed by atoms with Crippen LogP contribution in [0.25, 0.3) is 0 Å². The standard InChI is InChI=1S/C14H14FN3O2/c1-8(10-4-2-3-7-17-10)18-11-6-5-9(15)13(16)12(11)14(19)20/h2-8,18H,16H2,1H3,(H,19,20). The molecular weight excluding hydrogens is 261 g/mol. The number of nitrogens with zero attached hydrogens (tertiary/aromatic N) is 1. The number of hydrogen-bond donors (Lipinski definition) is 3. The van der Waals surface area contributed by atoms with Crippen LogP contribution < -0.4 is 11.1 Å². The van der Waals surface area contributed by atoms with Crippen LogP contribution in [-0.4, -0.2) is 16.1 Å². The third-order valence-electron chi connectivity index (χ3n) is 2.91. The second-order valence-electron chi connectivity index (χ2n) is 4.31. The van der Waals surface area contributed by atoms with Crippen molar-refractivity contribution < 1.29 is 14.3 Å². The zero-order valence-electron chi connectivity index (χ0n) is 10.8. The number of nitrogen functional groups attached to an aromatic ring is 1. The highest BCUT2D eigenvalue weighted by molar-refractivity contribution is 6.00. The zero-order valence-corrected chi connectivity index (χ0v) is 10.8. The molecule has 6 heteroatoms. The van der Waals surface area contributed by atoms with Gasteiger partial charge in [-0.2, -0.15) is 0 Å². The Labute approximate surface area is 115 Å². The number of carbonyl (C=O) groups is 1. The number of halogens is 1. The summed E-state index contributed by atoms with van der Waals surface area (Å²) in [6.45, 7) is 1.83. The molecule has 104 valence electrons. The van der Waals surface area contributed by atoms with Gasteiger partial charge in [-0.25, -0.2) is 9.18 Å². The molecule has 5 nitrogen and oxygen atoms in total. The van der Waals surface area contributed by atoms with Gasteiger partial charge < -0.3 is 16.2 Å². The van der Waals surface area contributed by atoms with Crippen molar-refractivity contribution in [2.45, 2.75) is 13.0 Å². The highest BCUT2D eigenvalue weighted by Gasteiger charge is 2.19. The monoisotopic (exact) mass is 275 g/mol. The molecule has 0 aliphatic carbocycles. The molecule has 0 bridgehead atoms. The maximum absolute atomic E-state index is 13.4. The van der Waals surface area contributed by atoms with Crippen molar-refractivity contribution in [1.82, 2.24) is 4.98 Å². The summed E-state index contributed by atoms with van der Waals surface area (Å²) in [6.07, 6.45) is 1.64. The maximum atomic E-state index is 13.4. The molecule has 20 heavy (non-hydrogen) atoms. The number of rotatable bonds is 4. The van der Waals surface area contributed by atoms with Crippen molar-refractivity contribution in [1.29, 1.82) is 0 Å². The fourth-order valence-electron chi connectivity index (χ4n) is 1.88. The Balaban J connectivity index is 2.35. The van der Waals surface area contributed by atoms with Gasteiger partial charge in [-0.15, -0.1) is 0 Å². The van der Waals surface area contributed by atoms with E-state index in [9.17, 15) is 9.18 Å². The van der Waals surface area contributed by atoms with E-state index in [1.165, 1.54) is 6.07 Å². The Hall–Kier alpha value is -2.63. The van der Waals surface area contributed by atoms with Gasteiger partial charge in [0.15, 0.2) is 0 Å². The molecule has 1 aromatic heterocycles. The van der Waals surface area contributed by atoms with Crippen LogP contribution in [-0.2, 0) is 0 Å². The van der Waals surface area contributed by atoms with Crippen LogP contribution in [0.3, 0.4) is 0 Å². The van der Waals surface area contributed by atoms with Gasteiger partial charge >= 0.3 is 5.97 Å². The zero-order chi connectivity index (χ0) is 14.7. The molecule has 0 spiro atoms. The number of hydrogen-bond acceptors (Lipinski definition) is 4. The normalized spacial score (nSPS) is 11.9. The summed E-state index contributed by atoms with van der Waals surface area (Å²) >= 11 is 0. The summed E-state index contributed by atoms with van der Waals surface area (Å²) < 4.78 is 13.4. The molecule has 2 rings (SSSR count). The Morgan fingerprint density at radius 3 is 2.75 bits per heavy atom. The van der Waals surface area contributed by atoms with Crippen molar-refractivity contribution in [3.63, 3.8) is 0 Å². The maximum Gasteiger partial charge on any atom is 0.340 e. The van der Waals surface area contributed by atoms with E-state index in [2.05, 4.69) is 10.3 Å². The topological polar surface area (TPSA) is 88.2 Å². The largest absolute Gasteiger partial charge is 0.478 e. The lowest BCUT2D eigenvalue weighted by atomic mass is 10.1. The molecule has 0 fully saturated rings. The van der Waals surface area contributed by atoms with E-state index in [0.29, 0.717) is 0 Å². The van der Waals surface area contributed by atoms with Gasteiger partial charge in [0.05, 0.1) is 23.1 Å². The van der Waals surface area contributed by atoms with Gasteiger partial charge in [-0.1, -0.05) is 6.07 Å². The molecule has 0 saturated heterocycles. The molecular formula is C14H14FN3O2. The lowest BCUT2D eigenvalue weighted by Crippen LogP contribution is -2.14. The molecule has 1 atom stereocenters. The summed E-state index contributed by atoms with van der Waals surface area (Å²) in [4.78, 5) is 15.4. The first-order chi connectivity index (χ1) is 9.50. The summed E-state index contributed by atoms with van der Waals surface area (Å²) in [5.41, 5.74) is 5.84. The van der Waals surface area contributed by atoms with Gasteiger partial charge in [0, 0.05) is 6.20 Å². The van der Waals surface area contributed by atoms with Crippen LogP contribution in [0.1, 0.15) is 29.0 Å². The van der Waals surface area contributed by atoms with Gasteiger partial charge in [-0.3, -0.25) is 4.98 Å². The number of carboxylic acids is 1. The number of nitrogens with one attached hydrogen (secondary N) is 1. The number of carboxylic acid groups (broad SMARTS) is 1. The van der Waals surface area contributed by atoms with Gasteiger partial charge in [0.2, 0.25) is 0 Å². The highest BCUT2D eigenvalue weighted by Crippen LogP contribution is 2.28. The van der Waals surface area contributed by atoms with Crippen LogP contribution in [0.2, 0.25) is 0 Å². The van der Waals surface area contributed by atoms with Crippen LogP contribution in [0.15, 0.2) is 36.5 Å². The van der Waals surface area contributed by atoms with E-state index < -0.39 is 11.8 Å². The summed E-state index contributed by atoms with van der Waals surface area (Å²) in [6, 6.07) is 7.68. The third kappa shape index (κ3) is 2.69. The molecule has 1 unspecified atom stereocenters. The summed E-state index contributed by atoms with van der Waals surface area (Å²) in [5, 5.41) is 12.1.